The van der Waals surface area contributed by atoms with Gasteiger partial charge in [-0.3, -0.25) is 20.4 Å². The minimum absolute atomic E-state index is 0.118. The molecule has 0 saturated heterocycles. The van der Waals surface area contributed by atoms with Crippen molar-refractivity contribution in [2.24, 2.45) is 17.2 Å². The summed E-state index contributed by atoms with van der Waals surface area (Å²) in [6, 6.07) is -1.32. The van der Waals surface area contributed by atoms with Crippen LogP contribution < -0.4 is 38.5 Å². The molecule has 0 aliphatic heterocycles. The third-order valence-electron chi connectivity index (χ3n) is 3.55. The number of carbonyl (C=O) groups is 2. The zero-order valence-corrected chi connectivity index (χ0v) is 16.4. The van der Waals surface area contributed by atoms with Crippen molar-refractivity contribution in [3.05, 3.63) is 0 Å². The number of nitrogens with one attached hydrogen (secondary N) is 6. The van der Waals surface area contributed by atoms with Gasteiger partial charge in [0.25, 0.3) is 0 Å². The first-order valence-electron chi connectivity index (χ1n) is 8.95. The van der Waals surface area contributed by atoms with E-state index in [0.29, 0.717) is 38.8 Å². The van der Waals surface area contributed by atoms with Crippen molar-refractivity contribution in [1.29, 1.82) is 10.8 Å². The maximum Gasteiger partial charge on any atom is 0.240 e. The molecule has 0 fully saturated rings. The van der Waals surface area contributed by atoms with Crippen LogP contribution in [0.5, 0.6) is 0 Å². The summed E-state index contributed by atoms with van der Waals surface area (Å²) in [7, 11) is 0. The van der Waals surface area contributed by atoms with Gasteiger partial charge in [0.2, 0.25) is 11.8 Å². The van der Waals surface area contributed by atoms with E-state index >= 15 is 0 Å². The largest absolute Gasteiger partial charge is 0.370 e. The van der Waals surface area contributed by atoms with Gasteiger partial charge in [0.05, 0.1) is 6.04 Å². The van der Waals surface area contributed by atoms with Crippen molar-refractivity contribution in [3.63, 3.8) is 0 Å². The van der Waals surface area contributed by atoms with E-state index in [1.54, 1.807) is 0 Å². The number of guanidine groups is 2. The second-order valence-electron chi connectivity index (χ2n) is 7.38. The maximum absolute atomic E-state index is 12.7. The highest BCUT2D eigenvalue weighted by Crippen LogP contribution is 2.07. The Labute approximate surface area is 160 Å². The quantitative estimate of drug-likeness (QED) is 0.107. The molecule has 0 aliphatic carbocycles. The van der Waals surface area contributed by atoms with E-state index < -0.39 is 18.0 Å². The predicted octanol–water partition coefficient (Wildman–Crippen LogP) is -1.76. The first-order valence-corrected chi connectivity index (χ1v) is 8.95. The Balaban J connectivity index is 4.75. The normalized spacial score (nSPS) is 13.3. The summed E-state index contributed by atoms with van der Waals surface area (Å²) in [6.07, 6.45) is 1.98. The summed E-state index contributed by atoms with van der Waals surface area (Å²) in [5, 5.41) is 25.5. The molecule has 2 amide bonds. The van der Waals surface area contributed by atoms with Gasteiger partial charge in [0.15, 0.2) is 11.9 Å². The average molecular weight is 386 g/mol. The maximum atomic E-state index is 12.7. The van der Waals surface area contributed by atoms with Crippen LogP contribution in [-0.4, -0.2) is 54.4 Å². The van der Waals surface area contributed by atoms with E-state index in [1.165, 1.54) is 0 Å². The number of nitrogens with two attached hydrogens (primary N) is 3. The molecular formula is C16H35N9O2. The molecule has 0 radical (unpaired) electrons. The number of hydrogen-bond acceptors (Lipinski definition) is 5. The van der Waals surface area contributed by atoms with Crippen molar-refractivity contribution in [3.8, 4) is 0 Å². The molecule has 2 atom stereocenters. The van der Waals surface area contributed by atoms with E-state index in [2.05, 4.69) is 21.3 Å². The van der Waals surface area contributed by atoms with Crippen molar-refractivity contribution in [2.45, 2.75) is 64.1 Å². The molecule has 0 saturated carbocycles. The summed E-state index contributed by atoms with van der Waals surface area (Å²) in [5.74, 6) is -1.19. The molecule has 0 bridgehead atoms. The fourth-order valence-corrected chi connectivity index (χ4v) is 2.41. The Morgan fingerprint density at radius 3 is 1.70 bits per heavy atom. The van der Waals surface area contributed by atoms with Gasteiger partial charge in [-0.15, -0.1) is 0 Å². The van der Waals surface area contributed by atoms with Crippen LogP contribution in [0.25, 0.3) is 0 Å². The highest BCUT2D eigenvalue weighted by molar-refractivity contribution is 5.89. The lowest BCUT2D eigenvalue weighted by atomic mass is 10.0. The topological polar surface area (TPSA) is 208 Å². The van der Waals surface area contributed by atoms with Crippen molar-refractivity contribution >= 4 is 23.7 Å². The molecular weight excluding hydrogens is 350 g/mol. The van der Waals surface area contributed by atoms with Gasteiger partial charge >= 0.3 is 0 Å². The van der Waals surface area contributed by atoms with Crippen molar-refractivity contribution < 1.29 is 9.59 Å². The fraction of sp³-hybridized carbons (Fsp3) is 0.750. The highest BCUT2D eigenvalue weighted by atomic mass is 16.2. The standard InChI is InChI=1S/C16H35N9O2/c1-16(2,3)25-11(7-5-9-23-15(20)21)13(27)24-10(12(17)26)6-4-8-22-14(18)19/h10-11,25H,4-9H2,1-3H3,(H2,17,26)(H,24,27)(H4,18,19,22)(H4,20,21,23). The molecule has 0 aliphatic rings. The first-order chi connectivity index (χ1) is 12.4. The lowest BCUT2D eigenvalue weighted by molar-refractivity contribution is -0.129. The number of carbonyl (C=O) groups excluding carboxylic acids is 2. The molecule has 0 aromatic rings. The van der Waals surface area contributed by atoms with Crippen LogP contribution in [0.3, 0.4) is 0 Å². The van der Waals surface area contributed by atoms with Crippen LogP contribution in [0.2, 0.25) is 0 Å². The van der Waals surface area contributed by atoms with Crippen LogP contribution in [-0.2, 0) is 9.59 Å². The number of amides is 2. The van der Waals surface area contributed by atoms with Gasteiger partial charge in [0, 0.05) is 18.6 Å². The predicted molar refractivity (Wildman–Crippen MR) is 106 cm³/mol. The van der Waals surface area contributed by atoms with Gasteiger partial charge in [-0.1, -0.05) is 0 Å². The summed E-state index contributed by atoms with van der Waals surface area (Å²) >= 11 is 0. The minimum atomic E-state index is -0.800. The van der Waals surface area contributed by atoms with Gasteiger partial charge in [-0.25, -0.2) is 0 Å². The zero-order valence-electron chi connectivity index (χ0n) is 16.4. The van der Waals surface area contributed by atoms with Gasteiger partial charge in [-0.05, 0) is 46.5 Å². The fourth-order valence-electron chi connectivity index (χ4n) is 2.41. The Kier molecular flexibility index (Phi) is 10.8. The van der Waals surface area contributed by atoms with E-state index in [0.717, 1.165) is 0 Å². The Hall–Kier alpha value is -2.56. The van der Waals surface area contributed by atoms with Crippen LogP contribution in [0, 0.1) is 10.8 Å². The molecule has 0 rings (SSSR count). The lowest BCUT2D eigenvalue weighted by Crippen LogP contribution is -2.55. The molecule has 12 N–H and O–H groups in total. The second-order valence-corrected chi connectivity index (χ2v) is 7.38. The number of primary amides is 1. The van der Waals surface area contributed by atoms with Crippen LogP contribution in [0.15, 0.2) is 0 Å². The summed E-state index contributed by atoms with van der Waals surface area (Å²) in [5.41, 5.74) is 15.5. The van der Waals surface area contributed by atoms with Crippen molar-refractivity contribution in [1.82, 2.24) is 21.3 Å². The zero-order chi connectivity index (χ0) is 21.0. The molecule has 0 heterocycles. The SMILES string of the molecule is CC(C)(C)NC(CCCNC(=N)N)C(=O)NC(CCCNC(=N)N)C(N)=O. The van der Waals surface area contributed by atoms with Gasteiger partial charge in [-0.2, -0.15) is 0 Å². The van der Waals surface area contributed by atoms with E-state index in [1.807, 2.05) is 20.8 Å². The first kappa shape index (κ1) is 24.4. The third kappa shape index (κ3) is 13.3. The van der Waals surface area contributed by atoms with E-state index in [-0.39, 0.29) is 23.4 Å². The summed E-state index contributed by atoms with van der Waals surface area (Å²) in [4.78, 5) is 24.3. The molecule has 0 spiro atoms. The number of rotatable bonds is 12. The Morgan fingerprint density at radius 1 is 0.889 bits per heavy atom. The van der Waals surface area contributed by atoms with Crippen LogP contribution in [0.1, 0.15) is 46.5 Å². The summed E-state index contributed by atoms with van der Waals surface area (Å²) in [6.45, 7) is 6.72. The second kappa shape index (κ2) is 11.9. The van der Waals surface area contributed by atoms with E-state index in [4.69, 9.17) is 28.0 Å². The molecule has 2 unspecified atom stereocenters. The number of hydrogen-bond donors (Lipinski definition) is 9. The molecule has 0 aromatic heterocycles. The van der Waals surface area contributed by atoms with E-state index in [9.17, 15) is 9.59 Å². The van der Waals surface area contributed by atoms with Crippen LogP contribution >= 0.6 is 0 Å². The average Bonchev–Trinajstić information content (AvgIpc) is 2.51. The van der Waals surface area contributed by atoms with Gasteiger partial charge < -0.3 is 38.5 Å². The molecule has 27 heavy (non-hydrogen) atoms. The molecule has 11 nitrogen and oxygen atoms in total. The molecule has 0 aromatic carbocycles. The Bertz CT molecular complexity index is 517. The molecule has 156 valence electrons. The minimum Gasteiger partial charge on any atom is -0.370 e. The van der Waals surface area contributed by atoms with Gasteiger partial charge in [0.1, 0.15) is 6.04 Å². The molecule has 11 heteroatoms. The van der Waals surface area contributed by atoms with Crippen LogP contribution in [0.4, 0.5) is 0 Å². The smallest absolute Gasteiger partial charge is 0.240 e. The highest BCUT2D eigenvalue weighted by Gasteiger charge is 2.26. The lowest BCUT2D eigenvalue weighted by Gasteiger charge is -2.29. The van der Waals surface area contributed by atoms with Crippen molar-refractivity contribution in [2.75, 3.05) is 13.1 Å². The summed E-state index contributed by atoms with van der Waals surface area (Å²) < 4.78 is 0. The monoisotopic (exact) mass is 385 g/mol. The third-order valence-corrected chi connectivity index (χ3v) is 3.55. The Morgan fingerprint density at radius 2 is 1.33 bits per heavy atom.